The van der Waals surface area contributed by atoms with Crippen LogP contribution in [0, 0.1) is 5.92 Å². The quantitative estimate of drug-likeness (QED) is 0.928. The van der Waals surface area contributed by atoms with E-state index in [1.807, 2.05) is 6.92 Å². The van der Waals surface area contributed by atoms with Crippen molar-refractivity contribution in [3.63, 3.8) is 0 Å². The monoisotopic (exact) mass is 297 g/mol. The average molecular weight is 297 g/mol. The zero-order valence-electron chi connectivity index (χ0n) is 11.6. The summed E-state index contributed by atoms with van der Waals surface area (Å²) in [6, 6.07) is 5.35. The molecule has 5 nitrogen and oxygen atoms in total. The van der Waals surface area contributed by atoms with Crippen LogP contribution in [0.4, 0.5) is 0 Å². The molecule has 1 heterocycles. The van der Waals surface area contributed by atoms with Crippen LogP contribution in [-0.4, -0.2) is 36.4 Å². The van der Waals surface area contributed by atoms with E-state index in [2.05, 4.69) is 6.92 Å². The van der Waals surface area contributed by atoms with Crippen LogP contribution in [0.25, 0.3) is 0 Å². The van der Waals surface area contributed by atoms with Gasteiger partial charge in [0.2, 0.25) is 10.0 Å². The molecule has 0 aromatic heterocycles. The van der Waals surface area contributed by atoms with Crippen LogP contribution < -0.4 is 0 Å². The molecular weight excluding hydrogens is 278 g/mol. The van der Waals surface area contributed by atoms with E-state index >= 15 is 0 Å². The summed E-state index contributed by atoms with van der Waals surface area (Å²) in [5.41, 5.74) is 0.0870. The molecule has 1 fully saturated rings. The summed E-state index contributed by atoms with van der Waals surface area (Å²) in [6.45, 7) is 4.50. The van der Waals surface area contributed by atoms with Crippen molar-refractivity contribution in [1.82, 2.24) is 4.31 Å². The molecule has 0 radical (unpaired) electrons. The first-order chi connectivity index (χ1) is 9.34. The first-order valence-electron chi connectivity index (χ1n) is 6.69. The highest BCUT2D eigenvalue weighted by atomic mass is 32.2. The number of hydrogen-bond donors (Lipinski definition) is 1. The number of rotatable bonds is 3. The summed E-state index contributed by atoms with van der Waals surface area (Å²) in [5.74, 6) is -0.731. The van der Waals surface area contributed by atoms with Gasteiger partial charge in [-0.05, 0) is 49.9 Å². The third-order valence-electron chi connectivity index (χ3n) is 4.02. The van der Waals surface area contributed by atoms with Gasteiger partial charge in [-0.2, -0.15) is 4.31 Å². The Balaban J connectivity index is 2.32. The summed E-state index contributed by atoms with van der Waals surface area (Å²) in [4.78, 5) is 11.0. The van der Waals surface area contributed by atoms with Gasteiger partial charge in [0.25, 0.3) is 0 Å². The predicted molar refractivity (Wildman–Crippen MR) is 75.2 cm³/mol. The van der Waals surface area contributed by atoms with Crippen LogP contribution in [0.5, 0.6) is 0 Å². The number of hydrogen-bond acceptors (Lipinski definition) is 3. The van der Waals surface area contributed by atoms with Gasteiger partial charge in [-0.3, -0.25) is 0 Å². The Labute approximate surface area is 119 Å². The van der Waals surface area contributed by atoms with Gasteiger partial charge >= 0.3 is 5.97 Å². The first kappa shape index (κ1) is 15.0. The van der Waals surface area contributed by atoms with Gasteiger partial charge < -0.3 is 5.11 Å². The molecule has 110 valence electrons. The fraction of sp³-hybridized carbons (Fsp3) is 0.500. The van der Waals surface area contributed by atoms with E-state index in [0.717, 1.165) is 12.8 Å². The molecule has 0 spiro atoms. The SMILES string of the molecule is CC1CCCN(S(=O)(=O)c2ccc(C(=O)O)cc2)C1C. The van der Waals surface area contributed by atoms with E-state index in [9.17, 15) is 13.2 Å². The highest BCUT2D eigenvalue weighted by molar-refractivity contribution is 7.89. The Morgan fingerprint density at radius 1 is 1.25 bits per heavy atom. The van der Waals surface area contributed by atoms with Crippen LogP contribution in [0.1, 0.15) is 37.0 Å². The van der Waals surface area contributed by atoms with E-state index in [1.165, 1.54) is 28.6 Å². The van der Waals surface area contributed by atoms with Gasteiger partial charge in [-0.15, -0.1) is 0 Å². The molecule has 1 aliphatic heterocycles. The van der Waals surface area contributed by atoms with E-state index in [-0.39, 0.29) is 16.5 Å². The molecule has 2 unspecified atom stereocenters. The summed E-state index contributed by atoms with van der Waals surface area (Å²) in [5, 5.41) is 8.84. The van der Waals surface area contributed by atoms with Crippen molar-refractivity contribution in [3.05, 3.63) is 29.8 Å². The summed E-state index contributed by atoms with van der Waals surface area (Å²) >= 11 is 0. The maximum atomic E-state index is 12.6. The minimum Gasteiger partial charge on any atom is -0.478 e. The van der Waals surface area contributed by atoms with Crippen molar-refractivity contribution >= 4 is 16.0 Å². The standard InChI is InChI=1S/C14H19NO4S/c1-10-4-3-9-15(11(10)2)20(18,19)13-7-5-12(6-8-13)14(16)17/h5-8,10-11H,3-4,9H2,1-2H3,(H,16,17). The van der Waals surface area contributed by atoms with Crippen molar-refractivity contribution in [2.45, 2.75) is 37.6 Å². The topological polar surface area (TPSA) is 74.7 Å². The lowest BCUT2D eigenvalue weighted by atomic mass is 9.94. The zero-order valence-corrected chi connectivity index (χ0v) is 12.4. The van der Waals surface area contributed by atoms with Gasteiger partial charge in [0.1, 0.15) is 0 Å². The number of nitrogens with zero attached hydrogens (tertiary/aromatic N) is 1. The van der Waals surface area contributed by atoms with Gasteiger partial charge in [0, 0.05) is 12.6 Å². The number of benzene rings is 1. The van der Waals surface area contributed by atoms with Crippen molar-refractivity contribution in [2.24, 2.45) is 5.92 Å². The third-order valence-corrected chi connectivity index (χ3v) is 6.02. The van der Waals surface area contributed by atoms with Crippen molar-refractivity contribution < 1.29 is 18.3 Å². The van der Waals surface area contributed by atoms with E-state index in [4.69, 9.17) is 5.11 Å². The smallest absolute Gasteiger partial charge is 0.335 e. The maximum Gasteiger partial charge on any atom is 0.335 e. The Hall–Kier alpha value is -1.40. The second-order valence-corrected chi connectivity index (χ2v) is 7.20. The van der Waals surface area contributed by atoms with Gasteiger partial charge in [0.05, 0.1) is 10.5 Å². The molecule has 0 bridgehead atoms. The molecule has 0 aliphatic carbocycles. The molecule has 0 amide bonds. The third kappa shape index (κ3) is 2.71. The Kier molecular flexibility index (Phi) is 4.15. The van der Waals surface area contributed by atoms with Crippen LogP contribution in [0.2, 0.25) is 0 Å². The van der Waals surface area contributed by atoms with Crippen LogP contribution >= 0.6 is 0 Å². The summed E-state index contributed by atoms with van der Waals surface area (Å²) < 4.78 is 26.7. The number of carboxylic acid groups (broad SMARTS) is 1. The molecule has 6 heteroatoms. The molecule has 1 saturated heterocycles. The van der Waals surface area contributed by atoms with Crippen LogP contribution in [0.15, 0.2) is 29.2 Å². The maximum absolute atomic E-state index is 12.6. The molecule has 0 saturated carbocycles. The fourth-order valence-corrected chi connectivity index (χ4v) is 4.31. The lowest BCUT2D eigenvalue weighted by Gasteiger charge is -2.36. The summed E-state index contributed by atoms with van der Waals surface area (Å²) in [6.07, 6.45) is 1.89. The molecular formula is C14H19NO4S. The predicted octanol–water partition coefficient (Wildman–Crippen LogP) is 2.19. The van der Waals surface area contributed by atoms with Gasteiger partial charge in [-0.25, -0.2) is 13.2 Å². The molecule has 1 aromatic rings. The highest BCUT2D eigenvalue weighted by Crippen LogP contribution is 2.28. The van der Waals surface area contributed by atoms with Crippen molar-refractivity contribution in [1.29, 1.82) is 0 Å². The van der Waals surface area contributed by atoms with E-state index in [0.29, 0.717) is 12.5 Å². The normalized spacial score (nSPS) is 24.5. The van der Waals surface area contributed by atoms with E-state index in [1.54, 1.807) is 0 Å². The number of piperidine rings is 1. The number of carbonyl (C=O) groups is 1. The molecule has 2 atom stereocenters. The first-order valence-corrected chi connectivity index (χ1v) is 8.13. The lowest BCUT2D eigenvalue weighted by Crippen LogP contribution is -2.45. The number of aromatic carboxylic acids is 1. The minimum absolute atomic E-state index is 0.0344. The molecule has 20 heavy (non-hydrogen) atoms. The van der Waals surface area contributed by atoms with Crippen molar-refractivity contribution in [3.8, 4) is 0 Å². The largest absolute Gasteiger partial charge is 0.478 e. The van der Waals surface area contributed by atoms with Gasteiger partial charge in [-0.1, -0.05) is 6.92 Å². The fourth-order valence-electron chi connectivity index (χ4n) is 2.54. The van der Waals surface area contributed by atoms with Gasteiger partial charge in [0.15, 0.2) is 0 Å². The lowest BCUT2D eigenvalue weighted by molar-refractivity contribution is 0.0696. The summed E-state index contributed by atoms with van der Waals surface area (Å²) in [7, 11) is -3.55. The Morgan fingerprint density at radius 3 is 2.40 bits per heavy atom. The minimum atomic E-state index is -3.55. The Bertz CT molecular complexity index is 594. The number of carboxylic acids is 1. The number of sulfonamides is 1. The molecule has 2 rings (SSSR count). The second-order valence-electron chi connectivity index (χ2n) is 5.31. The average Bonchev–Trinajstić information content (AvgIpc) is 2.41. The Morgan fingerprint density at radius 2 is 1.85 bits per heavy atom. The molecule has 1 N–H and O–H groups in total. The highest BCUT2D eigenvalue weighted by Gasteiger charge is 2.34. The van der Waals surface area contributed by atoms with E-state index < -0.39 is 16.0 Å². The van der Waals surface area contributed by atoms with Crippen LogP contribution in [0.3, 0.4) is 0 Å². The van der Waals surface area contributed by atoms with Crippen LogP contribution in [-0.2, 0) is 10.0 Å². The second kappa shape index (κ2) is 5.54. The molecule has 1 aromatic carbocycles. The molecule has 1 aliphatic rings. The zero-order chi connectivity index (χ0) is 14.9. The van der Waals surface area contributed by atoms with Crippen molar-refractivity contribution in [2.75, 3.05) is 6.54 Å².